The Kier molecular flexibility index (Phi) is 3.55. The number of carbonyl (C=O) groups is 1. The van der Waals surface area contributed by atoms with Crippen molar-refractivity contribution in [3.05, 3.63) is 51.7 Å². The minimum atomic E-state index is -0.131. The van der Waals surface area contributed by atoms with Crippen LogP contribution in [0.25, 0.3) is 0 Å². The Balaban J connectivity index is 1.49. The largest absolute Gasteiger partial charge is 0.345 e. The molecule has 1 aliphatic carbocycles. The summed E-state index contributed by atoms with van der Waals surface area (Å²) in [7, 11) is 3.56. The third-order valence-electron chi connectivity index (χ3n) is 5.48. The number of rotatable bonds is 2. The highest BCUT2D eigenvalue weighted by Gasteiger charge is 2.34. The van der Waals surface area contributed by atoms with E-state index in [4.69, 9.17) is 0 Å². The lowest BCUT2D eigenvalue weighted by Crippen LogP contribution is -2.44. The SMILES string of the molecule is CN(C(=O)[C@H]1CCc2nn(C)c(=O)n2C1)C1Cc2ccccc2C1. The number of benzene rings is 1. The highest BCUT2D eigenvalue weighted by Crippen LogP contribution is 2.27. The first kappa shape index (κ1) is 15.2. The zero-order valence-corrected chi connectivity index (χ0v) is 14.1. The van der Waals surface area contributed by atoms with Gasteiger partial charge in [-0.25, -0.2) is 9.48 Å². The van der Waals surface area contributed by atoms with Gasteiger partial charge >= 0.3 is 5.69 Å². The van der Waals surface area contributed by atoms with Crippen LogP contribution in [0.4, 0.5) is 0 Å². The number of aryl methyl sites for hydroxylation is 2. The summed E-state index contributed by atoms with van der Waals surface area (Å²) in [5.74, 6) is 0.810. The van der Waals surface area contributed by atoms with E-state index in [0.29, 0.717) is 13.0 Å². The molecule has 6 heteroatoms. The number of amides is 1. The van der Waals surface area contributed by atoms with Crippen molar-refractivity contribution in [1.29, 1.82) is 0 Å². The van der Waals surface area contributed by atoms with Crippen molar-refractivity contribution in [2.75, 3.05) is 7.05 Å². The topological polar surface area (TPSA) is 60.1 Å². The Hall–Kier alpha value is -2.37. The maximum absolute atomic E-state index is 12.9. The van der Waals surface area contributed by atoms with Crippen LogP contribution in [0.1, 0.15) is 23.4 Å². The number of nitrogens with zero attached hydrogens (tertiary/aromatic N) is 4. The van der Waals surface area contributed by atoms with Gasteiger partial charge in [0.15, 0.2) is 0 Å². The summed E-state index contributed by atoms with van der Waals surface area (Å²) >= 11 is 0. The van der Waals surface area contributed by atoms with Crippen molar-refractivity contribution >= 4 is 5.91 Å². The molecule has 2 aliphatic rings. The third kappa shape index (κ3) is 2.37. The number of fused-ring (bicyclic) bond motifs is 2. The first-order chi connectivity index (χ1) is 11.5. The van der Waals surface area contributed by atoms with E-state index in [1.807, 2.05) is 11.9 Å². The molecule has 0 N–H and O–H groups in total. The Morgan fingerprint density at radius 3 is 2.58 bits per heavy atom. The predicted molar refractivity (Wildman–Crippen MR) is 89.7 cm³/mol. The van der Waals surface area contributed by atoms with Gasteiger partial charge in [-0.05, 0) is 30.4 Å². The van der Waals surface area contributed by atoms with E-state index in [1.54, 1.807) is 11.6 Å². The summed E-state index contributed by atoms with van der Waals surface area (Å²) in [5.41, 5.74) is 2.56. The van der Waals surface area contributed by atoms with Gasteiger partial charge < -0.3 is 4.90 Å². The summed E-state index contributed by atoms with van der Waals surface area (Å²) in [6, 6.07) is 8.63. The molecule has 0 bridgehead atoms. The monoisotopic (exact) mass is 326 g/mol. The van der Waals surface area contributed by atoms with Crippen molar-refractivity contribution in [3.8, 4) is 0 Å². The first-order valence-electron chi connectivity index (χ1n) is 8.50. The molecule has 2 aromatic rings. The summed E-state index contributed by atoms with van der Waals surface area (Å²) in [6.07, 6.45) is 3.29. The van der Waals surface area contributed by atoms with Crippen LogP contribution >= 0.6 is 0 Å². The fourth-order valence-electron chi connectivity index (χ4n) is 4.02. The smallest absolute Gasteiger partial charge is 0.342 e. The molecule has 24 heavy (non-hydrogen) atoms. The van der Waals surface area contributed by atoms with E-state index in [2.05, 4.69) is 29.4 Å². The second-order valence-corrected chi connectivity index (χ2v) is 6.95. The van der Waals surface area contributed by atoms with Gasteiger partial charge in [0.1, 0.15) is 5.82 Å². The molecule has 1 aromatic heterocycles. The molecule has 1 atom stereocenters. The number of likely N-dealkylation sites (N-methyl/N-ethyl adjacent to an activating group) is 1. The molecule has 0 fully saturated rings. The summed E-state index contributed by atoms with van der Waals surface area (Å²) in [6.45, 7) is 0.449. The molecule has 126 valence electrons. The van der Waals surface area contributed by atoms with E-state index in [9.17, 15) is 9.59 Å². The second-order valence-electron chi connectivity index (χ2n) is 6.95. The van der Waals surface area contributed by atoms with Gasteiger partial charge in [-0.2, -0.15) is 5.10 Å². The lowest BCUT2D eigenvalue weighted by molar-refractivity contribution is -0.137. The van der Waals surface area contributed by atoms with Crippen LogP contribution in [0.2, 0.25) is 0 Å². The average molecular weight is 326 g/mol. The predicted octanol–water partition coefficient (Wildman–Crippen LogP) is 0.770. The molecule has 0 saturated carbocycles. The Morgan fingerprint density at radius 1 is 1.25 bits per heavy atom. The van der Waals surface area contributed by atoms with Crippen LogP contribution in [0.3, 0.4) is 0 Å². The van der Waals surface area contributed by atoms with Crippen LogP contribution in [-0.4, -0.2) is 38.2 Å². The average Bonchev–Trinajstić information content (AvgIpc) is 3.15. The van der Waals surface area contributed by atoms with Crippen LogP contribution in [0, 0.1) is 5.92 Å². The molecule has 0 spiro atoms. The molecule has 0 unspecified atom stereocenters. The van der Waals surface area contributed by atoms with Crippen molar-refractivity contribution in [2.24, 2.45) is 13.0 Å². The van der Waals surface area contributed by atoms with Gasteiger partial charge in [0, 0.05) is 33.1 Å². The Morgan fingerprint density at radius 2 is 1.92 bits per heavy atom. The lowest BCUT2D eigenvalue weighted by Gasteiger charge is -2.30. The third-order valence-corrected chi connectivity index (χ3v) is 5.48. The van der Waals surface area contributed by atoms with Crippen LogP contribution in [0.5, 0.6) is 0 Å². The normalized spacial score (nSPS) is 19.8. The van der Waals surface area contributed by atoms with Crippen LogP contribution in [0.15, 0.2) is 29.1 Å². The maximum Gasteiger partial charge on any atom is 0.345 e. The van der Waals surface area contributed by atoms with Gasteiger partial charge in [0.2, 0.25) is 5.91 Å². The molecule has 0 radical (unpaired) electrons. The highest BCUT2D eigenvalue weighted by atomic mass is 16.2. The van der Waals surface area contributed by atoms with E-state index >= 15 is 0 Å². The zero-order valence-electron chi connectivity index (χ0n) is 14.1. The van der Waals surface area contributed by atoms with E-state index in [1.165, 1.54) is 15.8 Å². The fraction of sp³-hybridized carbons (Fsp3) is 0.500. The number of carbonyl (C=O) groups excluding carboxylic acids is 1. The molecule has 1 aromatic carbocycles. The molecular weight excluding hydrogens is 304 g/mol. The van der Waals surface area contributed by atoms with Gasteiger partial charge in [-0.1, -0.05) is 24.3 Å². The van der Waals surface area contributed by atoms with Crippen LogP contribution in [-0.2, 0) is 37.6 Å². The Labute approximate surface area is 140 Å². The Bertz CT molecular complexity index is 826. The molecule has 6 nitrogen and oxygen atoms in total. The maximum atomic E-state index is 12.9. The van der Waals surface area contributed by atoms with Crippen molar-refractivity contribution in [3.63, 3.8) is 0 Å². The van der Waals surface area contributed by atoms with Crippen molar-refractivity contribution in [1.82, 2.24) is 19.2 Å². The highest BCUT2D eigenvalue weighted by molar-refractivity contribution is 5.79. The number of hydrogen-bond donors (Lipinski definition) is 0. The van der Waals surface area contributed by atoms with E-state index in [0.717, 1.165) is 25.1 Å². The van der Waals surface area contributed by atoms with Gasteiger partial charge in [-0.15, -0.1) is 0 Å². The van der Waals surface area contributed by atoms with Gasteiger partial charge in [-0.3, -0.25) is 9.36 Å². The quantitative estimate of drug-likeness (QED) is 0.819. The fourth-order valence-corrected chi connectivity index (χ4v) is 4.02. The van der Waals surface area contributed by atoms with Crippen LogP contribution < -0.4 is 5.69 Å². The molecular formula is C18H22N4O2. The van der Waals surface area contributed by atoms with Crippen molar-refractivity contribution in [2.45, 2.75) is 38.3 Å². The standard InChI is InChI=1S/C18H22N4O2/c1-20(15-9-12-5-3-4-6-13(12)10-15)17(23)14-7-8-16-19-21(2)18(24)22(16)11-14/h3-6,14-15H,7-11H2,1-2H3/t14-/m0/s1. The molecule has 1 aliphatic heterocycles. The first-order valence-corrected chi connectivity index (χ1v) is 8.50. The van der Waals surface area contributed by atoms with Crippen molar-refractivity contribution < 1.29 is 4.79 Å². The number of aromatic nitrogens is 3. The van der Waals surface area contributed by atoms with Gasteiger partial charge in [0.25, 0.3) is 0 Å². The summed E-state index contributed by atoms with van der Waals surface area (Å²) < 4.78 is 3.02. The zero-order chi connectivity index (χ0) is 16.8. The van der Waals surface area contributed by atoms with E-state index in [-0.39, 0.29) is 23.6 Å². The summed E-state index contributed by atoms with van der Waals surface area (Å²) in [4.78, 5) is 26.9. The van der Waals surface area contributed by atoms with E-state index < -0.39 is 0 Å². The molecule has 0 saturated heterocycles. The minimum Gasteiger partial charge on any atom is -0.342 e. The summed E-state index contributed by atoms with van der Waals surface area (Å²) in [5, 5.41) is 4.24. The number of hydrogen-bond acceptors (Lipinski definition) is 3. The molecule has 4 rings (SSSR count). The second kappa shape index (κ2) is 5.61. The lowest BCUT2D eigenvalue weighted by atomic mass is 9.97. The molecule has 1 amide bonds. The van der Waals surface area contributed by atoms with Gasteiger partial charge in [0.05, 0.1) is 5.92 Å². The minimum absolute atomic E-state index is 0.126. The molecule has 2 heterocycles.